The zero-order valence-corrected chi connectivity index (χ0v) is 14.6. The topological polar surface area (TPSA) is 43.8 Å². The minimum absolute atomic E-state index is 0.128. The van der Waals surface area contributed by atoms with E-state index in [4.69, 9.17) is 0 Å². The Kier molecular flexibility index (Phi) is 4.31. The van der Waals surface area contributed by atoms with Crippen LogP contribution in [0.15, 0.2) is 36.4 Å². The summed E-state index contributed by atoms with van der Waals surface area (Å²) in [5.41, 5.74) is 2.85. The minimum atomic E-state index is -0.810. The highest BCUT2D eigenvalue weighted by atomic mass is 19.1. The number of hydrogen-bond donors (Lipinski definition) is 1. The molecule has 2 aromatic rings. The molecular formula is C21H22FN2O2. The molecule has 0 atom stereocenters. The van der Waals surface area contributed by atoms with Gasteiger partial charge in [0.1, 0.15) is 0 Å². The van der Waals surface area contributed by atoms with Gasteiger partial charge in [-0.3, -0.25) is 4.79 Å². The van der Waals surface area contributed by atoms with E-state index in [1.165, 1.54) is 30.2 Å². The summed E-state index contributed by atoms with van der Waals surface area (Å²) in [5, 5.41) is 9.45. The summed E-state index contributed by atoms with van der Waals surface area (Å²) >= 11 is 0. The summed E-state index contributed by atoms with van der Waals surface area (Å²) in [6.07, 6.45) is 2.52. The van der Waals surface area contributed by atoms with Gasteiger partial charge in [-0.25, -0.2) is 4.39 Å². The van der Waals surface area contributed by atoms with E-state index in [1.54, 1.807) is 4.90 Å². The van der Waals surface area contributed by atoms with Crippen molar-refractivity contribution in [1.29, 1.82) is 0 Å². The van der Waals surface area contributed by atoms with Crippen molar-refractivity contribution in [1.82, 2.24) is 4.90 Å². The van der Waals surface area contributed by atoms with Crippen molar-refractivity contribution in [3.63, 3.8) is 0 Å². The number of benzene rings is 2. The average molecular weight is 353 g/mol. The summed E-state index contributed by atoms with van der Waals surface area (Å²) in [5.74, 6) is -1.22. The lowest BCUT2D eigenvalue weighted by Gasteiger charge is -2.39. The zero-order chi connectivity index (χ0) is 18.3. The van der Waals surface area contributed by atoms with Gasteiger partial charge in [-0.05, 0) is 55.2 Å². The number of amides is 1. The Balaban J connectivity index is 1.39. The van der Waals surface area contributed by atoms with E-state index in [9.17, 15) is 14.3 Å². The van der Waals surface area contributed by atoms with Gasteiger partial charge in [0.25, 0.3) is 5.91 Å². The summed E-state index contributed by atoms with van der Waals surface area (Å²) in [4.78, 5) is 16.6. The molecule has 135 valence electrons. The number of aromatic hydroxyl groups is 1. The molecule has 2 aliphatic rings. The first-order valence-electron chi connectivity index (χ1n) is 9.01. The van der Waals surface area contributed by atoms with Crippen molar-refractivity contribution in [3.8, 4) is 5.75 Å². The number of halogens is 1. The molecule has 2 saturated heterocycles. The molecule has 0 spiro atoms. The predicted molar refractivity (Wildman–Crippen MR) is 99.1 cm³/mol. The fourth-order valence-corrected chi connectivity index (χ4v) is 3.75. The number of phenolic OH excluding ortho intramolecular Hbond substituents is 1. The van der Waals surface area contributed by atoms with E-state index in [-0.39, 0.29) is 17.0 Å². The molecule has 2 heterocycles. The van der Waals surface area contributed by atoms with Crippen LogP contribution in [-0.2, 0) is 0 Å². The number of carbonyl (C=O) groups excluding carboxylic acids is 1. The van der Waals surface area contributed by atoms with Gasteiger partial charge in [0, 0.05) is 43.3 Å². The van der Waals surface area contributed by atoms with Gasteiger partial charge in [-0.1, -0.05) is 12.1 Å². The second-order valence-electron chi connectivity index (χ2n) is 7.16. The smallest absolute Gasteiger partial charge is 0.254 e. The Morgan fingerprint density at radius 1 is 1.12 bits per heavy atom. The SMILES string of the molecule is [CH2]c1cc(C(=O)N2CC(c3ccc(N4CCCC4)cc3)C2)cc(F)c1O. The van der Waals surface area contributed by atoms with Crippen molar-refractivity contribution in [2.24, 2.45) is 0 Å². The van der Waals surface area contributed by atoms with Crippen molar-refractivity contribution >= 4 is 11.6 Å². The van der Waals surface area contributed by atoms with Crippen LogP contribution in [0.4, 0.5) is 10.1 Å². The Morgan fingerprint density at radius 3 is 2.38 bits per heavy atom. The van der Waals surface area contributed by atoms with Gasteiger partial charge >= 0.3 is 0 Å². The van der Waals surface area contributed by atoms with Gasteiger partial charge in [-0.2, -0.15) is 0 Å². The molecule has 1 radical (unpaired) electrons. The molecule has 26 heavy (non-hydrogen) atoms. The molecule has 0 unspecified atom stereocenters. The van der Waals surface area contributed by atoms with Crippen LogP contribution in [0, 0.1) is 12.7 Å². The van der Waals surface area contributed by atoms with Gasteiger partial charge in [0.15, 0.2) is 11.6 Å². The first-order valence-corrected chi connectivity index (χ1v) is 9.01. The fourth-order valence-electron chi connectivity index (χ4n) is 3.75. The highest BCUT2D eigenvalue weighted by Crippen LogP contribution is 2.31. The first-order chi connectivity index (χ1) is 12.5. The van der Waals surface area contributed by atoms with Crippen LogP contribution in [0.1, 0.15) is 40.2 Å². The lowest BCUT2D eigenvalue weighted by molar-refractivity contribution is 0.0602. The van der Waals surface area contributed by atoms with Crippen LogP contribution < -0.4 is 4.90 Å². The zero-order valence-electron chi connectivity index (χ0n) is 14.6. The minimum Gasteiger partial charge on any atom is -0.505 e. The van der Waals surface area contributed by atoms with E-state index in [2.05, 4.69) is 36.1 Å². The second-order valence-corrected chi connectivity index (χ2v) is 7.16. The summed E-state index contributed by atoms with van der Waals surface area (Å²) < 4.78 is 13.6. The van der Waals surface area contributed by atoms with Gasteiger partial charge in [-0.15, -0.1) is 0 Å². The third-order valence-electron chi connectivity index (χ3n) is 5.39. The molecule has 4 nitrogen and oxygen atoms in total. The molecule has 5 heteroatoms. The third-order valence-corrected chi connectivity index (χ3v) is 5.39. The first kappa shape index (κ1) is 16.9. The molecule has 0 saturated carbocycles. The van der Waals surface area contributed by atoms with Crippen LogP contribution >= 0.6 is 0 Å². The Morgan fingerprint density at radius 2 is 1.77 bits per heavy atom. The quantitative estimate of drug-likeness (QED) is 0.918. The molecule has 2 fully saturated rings. The number of rotatable bonds is 3. The van der Waals surface area contributed by atoms with E-state index in [1.807, 2.05) is 0 Å². The van der Waals surface area contributed by atoms with E-state index in [0.717, 1.165) is 19.2 Å². The standard InChI is InChI=1S/C21H22FN2O2/c1-14-10-16(11-19(22)20(14)25)21(26)24-12-17(13-24)15-4-6-18(7-5-15)23-8-2-3-9-23/h4-7,10-11,17,25H,1-3,8-9,12-13H2. The third kappa shape index (κ3) is 3.02. The van der Waals surface area contributed by atoms with Crippen molar-refractivity contribution in [2.45, 2.75) is 18.8 Å². The van der Waals surface area contributed by atoms with E-state index >= 15 is 0 Å². The van der Waals surface area contributed by atoms with Crippen molar-refractivity contribution in [2.75, 3.05) is 31.1 Å². The fraction of sp³-hybridized carbons (Fsp3) is 0.333. The predicted octanol–water partition coefficient (Wildman–Crippen LogP) is 3.55. The van der Waals surface area contributed by atoms with Crippen molar-refractivity contribution < 1.29 is 14.3 Å². The normalized spacial score (nSPS) is 17.5. The molecule has 2 aromatic carbocycles. The average Bonchev–Trinajstić information content (AvgIpc) is 3.13. The van der Waals surface area contributed by atoms with E-state index in [0.29, 0.717) is 19.0 Å². The number of nitrogens with zero attached hydrogens (tertiary/aromatic N) is 2. The summed E-state index contributed by atoms with van der Waals surface area (Å²) in [6.45, 7) is 7.06. The van der Waals surface area contributed by atoms with Crippen LogP contribution in [0.25, 0.3) is 0 Å². The summed E-state index contributed by atoms with van der Waals surface area (Å²) in [6, 6.07) is 11.1. The van der Waals surface area contributed by atoms with Gasteiger partial charge < -0.3 is 14.9 Å². The van der Waals surface area contributed by atoms with Crippen LogP contribution in [-0.4, -0.2) is 42.1 Å². The monoisotopic (exact) mass is 353 g/mol. The molecule has 0 bridgehead atoms. The van der Waals surface area contributed by atoms with Crippen LogP contribution in [0.3, 0.4) is 0 Å². The van der Waals surface area contributed by atoms with Crippen LogP contribution in [0.5, 0.6) is 5.75 Å². The number of hydrogen-bond acceptors (Lipinski definition) is 3. The molecular weight excluding hydrogens is 331 g/mol. The van der Waals surface area contributed by atoms with Gasteiger partial charge in [0.05, 0.1) is 0 Å². The van der Waals surface area contributed by atoms with Crippen LogP contribution in [0.2, 0.25) is 0 Å². The number of phenols is 1. The molecule has 1 amide bonds. The molecule has 0 aromatic heterocycles. The number of likely N-dealkylation sites (tertiary alicyclic amines) is 1. The maximum absolute atomic E-state index is 13.6. The Bertz CT molecular complexity index is 799. The molecule has 4 rings (SSSR count). The highest BCUT2D eigenvalue weighted by molar-refractivity contribution is 5.95. The maximum Gasteiger partial charge on any atom is 0.254 e. The number of carbonyl (C=O) groups is 1. The Labute approximate surface area is 152 Å². The van der Waals surface area contributed by atoms with E-state index < -0.39 is 11.6 Å². The Hall–Kier alpha value is -2.56. The second kappa shape index (κ2) is 6.63. The number of anilines is 1. The maximum atomic E-state index is 13.6. The lowest BCUT2D eigenvalue weighted by Crippen LogP contribution is -2.48. The molecule has 0 aliphatic carbocycles. The summed E-state index contributed by atoms with van der Waals surface area (Å²) in [7, 11) is 0. The van der Waals surface area contributed by atoms with Gasteiger partial charge in [0.2, 0.25) is 0 Å². The molecule has 1 N–H and O–H groups in total. The lowest BCUT2D eigenvalue weighted by atomic mass is 9.90. The largest absolute Gasteiger partial charge is 0.505 e. The molecule has 2 aliphatic heterocycles. The highest BCUT2D eigenvalue weighted by Gasteiger charge is 2.32. The van der Waals surface area contributed by atoms with Crippen molar-refractivity contribution in [3.05, 3.63) is 65.8 Å².